The van der Waals surface area contributed by atoms with E-state index in [9.17, 15) is 4.79 Å². The van der Waals surface area contributed by atoms with Crippen molar-refractivity contribution in [3.63, 3.8) is 0 Å². The van der Waals surface area contributed by atoms with Crippen molar-refractivity contribution in [2.45, 2.75) is 0 Å². The highest BCUT2D eigenvalue weighted by molar-refractivity contribution is 6.08. The van der Waals surface area contributed by atoms with E-state index in [0.717, 1.165) is 16.5 Å². The van der Waals surface area contributed by atoms with E-state index in [1.165, 1.54) is 0 Å². The van der Waals surface area contributed by atoms with Gasteiger partial charge in [-0.3, -0.25) is 4.79 Å². The molecule has 26 heavy (non-hydrogen) atoms. The average molecular weight is 351 g/mol. The Morgan fingerprint density at radius 3 is 2.19 bits per heavy atom. The van der Waals surface area contributed by atoms with Gasteiger partial charge in [0.05, 0.1) is 20.8 Å². The molecule has 5 heteroatoms. The maximum atomic E-state index is 12.6. The van der Waals surface area contributed by atoms with Gasteiger partial charge in [0.1, 0.15) is 12.4 Å². The van der Waals surface area contributed by atoms with Gasteiger partial charge in [-0.25, -0.2) is 0 Å². The normalized spacial score (nSPS) is 10.4. The number of fused-ring (bicyclic) bond motifs is 1. The molecule has 0 unspecified atom stereocenters. The number of nitrogens with one attached hydrogen (secondary N) is 1. The van der Waals surface area contributed by atoms with E-state index < -0.39 is 0 Å². The van der Waals surface area contributed by atoms with E-state index in [4.69, 9.17) is 14.2 Å². The molecule has 5 nitrogen and oxygen atoms in total. The summed E-state index contributed by atoms with van der Waals surface area (Å²) >= 11 is 0. The van der Waals surface area contributed by atoms with Gasteiger partial charge < -0.3 is 19.5 Å². The van der Waals surface area contributed by atoms with Crippen molar-refractivity contribution in [2.24, 2.45) is 0 Å². The van der Waals surface area contributed by atoms with Crippen LogP contribution in [0.5, 0.6) is 17.2 Å². The smallest absolute Gasteiger partial charge is 0.252 e. The third kappa shape index (κ3) is 3.72. The van der Waals surface area contributed by atoms with Crippen molar-refractivity contribution in [1.82, 2.24) is 5.32 Å². The quantitative estimate of drug-likeness (QED) is 0.660. The topological polar surface area (TPSA) is 56.8 Å². The minimum atomic E-state index is -0.146. The third-order valence-corrected chi connectivity index (χ3v) is 4.06. The third-order valence-electron chi connectivity index (χ3n) is 4.06. The molecule has 3 aromatic carbocycles. The number of benzene rings is 3. The van der Waals surface area contributed by atoms with E-state index in [2.05, 4.69) is 5.32 Å². The van der Waals surface area contributed by atoms with Crippen molar-refractivity contribution in [1.29, 1.82) is 0 Å². The molecule has 0 aliphatic carbocycles. The van der Waals surface area contributed by atoms with Crippen LogP contribution in [-0.2, 0) is 0 Å². The fourth-order valence-electron chi connectivity index (χ4n) is 2.81. The van der Waals surface area contributed by atoms with E-state index in [1.54, 1.807) is 20.3 Å². The van der Waals surface area contributed by atoms with Gasteiger partial charge in [0, 0.05) is 10.9 Å². The number of hydrogen-bond donors (Lipinski definition) is 1. The van der Waals surface area contributed by atoms with Crippen LogP contribution in [0.25, 0.3) is 10.8 Å². The summed E-state index contributed by atoms with van der Waals surface area (Å²) in [6.45, 7) is 0.734. The highest BCUT2D eigenvalue weighted by Gasteiger charge is 2.12. The fraction of sp³-hybridized carbons (Fsp3) is 0.190. The zero-order valence-electron chi connectivity index (χ0n) is 14.8. The molecule has 0 fully saturated rings. The van der Waals surface area contributed by atoms with Gasteiger partial charge in [0.15, 0.2) is 11.5 Å². The molecule has 0 saturated heterocycles. The Bertz CT molecular complexity index is 907. The van der Waals surface area contributed by atoms with Gasteiger partial charge >= 0.3 is 0 Å². The molecule has 1 amide bonds. The predicted molar refractivity (Wildman–Crippen MR) is 101 cm³/mol. The van der Waals surface area contributed by atoms with Crippen LogP contribution in [0, 0.1) is 0 Å². The molecule has 0 saturated carbocycles. The molecule has 0 spiro atoms. The Morgan fingerprint density at radius 2 is 1.46 bits per heavy atom. The van der Waals surface area contributed by atoms with Crippen LogP contribution in [0.3, 0.4) is 0 Å². The average Bonchev–Trinajstić information content (AvgIpc) is 2.70. The lowest BCUT2D eigenvalue weighted by Gasteiger charge is -2.12. The number of amides is 1. The molecule has 3 rings (SSSR count). The van der Waals surface area contributed by atoms with Crippen molar-refractivity contribution < 1.29 is 19.0 Å². The molecule has 0 radical (unpaired) electrons. The second kappa shape index (κ2) is 8.25. The summed E-state index contributed by atoms with van der Waals surface area (Å²) in [7, 11) is 3.22. The van der Waals surface area contributed by atoms with Crippen LogP contribution in [0.2, 0.25) is 0 Å². The van der Waals surface area contributed by atoms with Crippen molar-refractivity contribution in [3.8, 4) is 17.2 Å². The molecule has 0 bridgehead atoms. The van der Waals surface area contributed by atoms with E-state index in [1.807, 2.05) is 54.6 Å². The molecule has 1 N–H and O–H groups in total. The molecular formula is C21H21NO4. The first kappa shape index (κ1) is 17.6. The number of para-hydroxylation sites is 2. The van der Waals surface area contributed by atoms with Crippen molar-refractivity contribution in [3.05, 3.63) is 66.2 Å². The number of ether oxygens (including phenoxy) is 3. The van der Waals surface area contributed by atoms with Gasteiger partial charge in [-0.1, -0.05) is 36.4 Å². The van der Waals surface area contributed by atoms with Crippen molar-refractivity contribution >= 4 is 16.7 Å². The Balaban J connectivity index is 1.65. The second-order valence-corrected chi connectivity index (χ2v) is 5.62. The fourth-order valence-corrected chi connectivity index (χ4v) is 2.81. The van der Waals surface area contributed by atoms with Crippen LogP contribution < -0.4 is 19.5 Å². The maximum Gasteiger partial charge on any atom is 0.252 e. The van der Waals surface area contributed by atoms with E-state index in [0.29, 0.717) is 30.2 Å². The Kier molecular flexibility index (Phi) is 5.59. The number of rotatable bonds is 7. The summed E-state index contributed by atoms with van der Waals surface area (Å²) < 4.78 is 16.3. The monoisotopic (exact) mass is 351 g/mol. The van der Waals surface area contributed by atoms with Crippen LogP contribution in [0.1, 0.15) is 10.4 Å². The maximum absolute atomic E-state index is 12.6. The largest absolute Gasteiger partial charge is 0.496 e. The molecule has 0 atom stereocenters. The number of methoxy groups -OCH3 is 2. The number of hydrogen-bond acceptors (Lipinski definition) is 4. The highest BCUT2D eigenvalue weighted by Crippen LogP contribution is 2.28. The summed E-state index contributed by atoms with van der Waals surface area (Å²) in [4.78, 5) is 12.6. The first-order chi connectivity index (χ1) is 12.7. The summed E-state index contributed by atoms with van der Waals surface area (Å²) in [5.41, 5.74) is 0.610. The standard InChI is InChI=1S/C21H21NO4/c1-24-18-12-11-17(15-7-3-4-8-16(15)18)21(23)22-13-14-26-20-10-6-5-9-19(20)25-2/h3-12H,13-14H2,1-2H3,(H,22,23). The number of carbonyl (C=O) groups is 1. The summed E-state index contributed by atoms with van der Waals surface area (Å²) in [6, 6.07) is 18.7. The highest BCUT2D eigenvalue weighted by atomic mass is 16.5. The zero-order valence-corrected chi connectivity index (χ0v) is 14.8. The van der Waals surface area contributed by atoms with Gasteiger partial charge in [-0.15, -0.1) is 0 Å². The lowest BCUT2D eigenvalue weighted by atomic mass is 10.0. The zero-order chi connectivity index (χ0) is 18.4. The number of carbonyl (C=O) groups excluding carboxylic acids is 1. The van der Waals surface area contributed by atoms with Gasteiger partial charge in [-0.2, -0.15) is 0 Å². The summed E-state index contributed by atoms with van der Waals surface area (Å²) in [5, 5.41) is 4.66. The van der Waals surface area contributed by atoms with Crippen LogP contribution in [0.15, 0.2) is 60.7 Å². The molecule has 134 valence electrons. The molecule has 0 heterocycles. The molecular weight excluding hydrogens is 330 g/mol. The SMILES string of the molecule is COc1ccccc1OCCNC(=O)c1ccc(OC)c2ccccc12. The van der Waals surface area contributed by atoms with Crippen LogP contribution in [-0.4, -0.2) is 33.3 Å². The minimum Gasteiger partial charge on any atom is -0.496 e. The van der Waals surface area contributed by atoms with E-state index >= 15 is 0 Å². The molecule has 0 aromatic heterocycles. The Morgan fingerprint density at radius 1 is 0.808 bits per heavy atom. The van der Waals surface area contributed by atoms with E-state index in [-0.39, 0.29) is 5.91 Å². The molecule has 0 aliphatic rings. The lowest BCUT2D eigenvalue weighted by molar-refractivity contribution is 0.0948. The molecule has 3 aromatic rings. The van der Waals surface area contributed by atoms with Gasteiger partial charge in [0.2, 0.25) is 0 Å². The lowest BCUT2D eigenvalue weighted by Crippen LogP contribution is -2.28. The van der Waals surface area contributed by atoms with Gasteiger partial charge in [-0.05, 0) is 29.7 Å². The van der Waals surface area contributed by atoms with Crippen LogP contribution >= 0.6 is 0 Å². The summed E-state index contributed by atoms with van der Waals surface area (Å²) in [5.74, 6) is 1.92. The first-order valence-corrected chi connectivity index (χ1v) is 8.34. The van der Waals surface area contributed by atoms with Gasteiger partial charge in [0.25, 0.3) is 5.91 Å². The second-order valence-electron chi connectivity index (χ2n) is 5.62. The molecule has 0 aliphatic heterocycles. The van der Waals surface area contributed by atoms with Crippen LogP contribution in [0.4, 0.5) is 0 Å². The summed E-state index contributed by atoms with van der Waals surface area (Å²) in [6.07, 6.45) is 0. The Hall–Kier alpha value is -3.21. The Labute approximate surface area is 152 Å². The minimum absolute atomic E-state index is 0.146. The van der Waals surface area contributed by atoms with Crippen molar-refractivity contribution in [2.75, 3.05) is 27.4 Å². The predicted octanol–water partition coefficient (Wildman–Crippen LogP) is 3.67. The first-order valence-electron chi connectivity index (χ1n) is 8.34.